The third-order valence-electron chi connectivity index (χ3n) is 11.0. The second-order valence-corrected chi connectivity index (χ2v) is 14.6. The lowest BCUT2D eigenvalue weighted by Crippen LogP contribution is -2.63. The Kier molecular flexibility index (Phi) is 13.0. The summed E-state index contributed by atoms with van der Waals surface area (Å²) in [6, 6.07) is 33.8. The van der Waals surface area contributed by atoms with Crippen molar-refractivity contribution in [3.63, 3.8) is 0 Å². The van der Waals surface area contributed by atoms with Crippen molar-refractivity contribution in [2.45, 2.75) is 37.5 Å². The van der Waals surface area contributed by atoms with Gasteiger partial charge in [-0.2, -0.15) is 14.5 Å². The van der Waals surface area contributed by atoms with Crippen LogP contribution in [0.3, 0.4) is 0 Å². The summed E-state index contributed by atoms with van der Waals surface area (Å²) in [6.45, 7) is 1.03. The lowest BCUT2D eigenvalue weighted by Gasteiger charge is -2.38. The number of aromatic nitrogens is 2. The van der Waals surface area contributed by atoms with Gasteiger partial charge < -0.3 is 44.3 Å². The smallest absolute Gasteiger partial charge is 0.325 e. The molecule has 61 heavy (non-hydrogen) atoms. The zero-order chi connectivity index (χ0) is 43.1. The summed E-state index contributed by atoms with van der Waals surface area (Å²) in [6.07, 6.45) is -2.28. The van der Waals surface area contributed by atoms with E-state index < -0.39 is 59.9 Å². The Balaban J connectivity index is 1.24. The lowest BCUT2D eigenvalue weighted by molar-refractivity contribution is -0.148. The molecule has 16 heteroatoms. The molecule has 0 radical (unpaired) electrons. The highest BCUT2D eigenvalue weighted by atomic mass is 16.6. The molecule has 316 valence electrons. The number of benzene rings is 4. The van der Waals surface area contributed by atoms with E-state index in [1.807, 2.05) is 84.9 Å². The van der Waals surface area contributed by atoms with Gasteiger partial charge in [-0.15, -0.1) is 0 Å². The number of fused-ring (bicyclic) bond motifs is 1. The molecule has 1 unspecified atom stereocenters. The molecule has 16 nitrogen and oxygen atoms in total. The number of rotatable bonds is 16. The van der Waals surface area contributed by atoms with Gasteiger partial charge in [0.25, 0.3) is 17.6 Å². The Hall–Kier alpha value is -6.72. The second kappa shape index (κ2) is 18.7. The topological polar surface area (TPSA) is 185 Å². The van der Waals surface area contributed by atoms with Crippen LogP contribution in [0.1, 0.15) is 34.5 Å². The van der Waals surface area contributed by atoms with E-state index >= 15 is 0 Å². The van der Waals surface area contributed by atoms with Gasteiger partial charge in [0.15, 0.2) is 30.5 Å². The number of anilines is 2. The Morgan fingerprint density at radius 2 is 1.41 bits per heavy atom. The molecule has 1 saturated heterocycles. The molecule has 3 N–H and O–H groups in total. The van der Waals surface area contributed by atoms with E-state index in [0.29, 0.717) is 17.1 Å². The summed E-state index contributed by atoms with van der Waals surface area (Å²) in [7, 11) is 4.37. The van der Waals surface area contributed by atoms with Crippen molar-refractivity contribution in [2.24, 2.45) is 4.99 Å². The van der Waals surface area contributed by atoms with E-state index in [9.17, 15) is 24.6 Å². The van der Waals surface area contributed by atoms with E-state index in [-0.39, 0.29) is 36.5 Å². The van der Waals surface area contributed by atoms with Gasteiger partial charge in [-0.25, -0.2) is 4.98 Å². The minimum Gasteiger partial charge on any atom is -0.497 e. The minimum absolute atomic E-state index is 0.0418. The summed E-state index contributed by atoms with van der Waals surface area (Å²) >= 11 is 0. The Labute approximate surface area is 353 Å². The third-order valence-corrected chi connectivity index (χ3v) is 11.0. The molecule has 2 aliphatic heterocycles. The monoisotopic (exact) mass is 830 g/mol. The maximum atomic E-state index is 14.9. The molecular formula is C45H48N7O9+. The fraction of sp³-hybridized carbons (Fsp3) is 0.289. The molecule has 4 aromatic carbocycles. The zero-order valence-corrected chi connectivity index (χ0v) is 34.2. The predicted octanol–water partition coefficient (Wildman–Crippen LogP) is 4.49. The van der Waals surface area contributed by atoms with Gasteiger partial charge >= 0.3 is 5.97 Å². The molecule has 0 aliphatic carbocycles. The first-order valence-corrected chi connectivity index (χ1v) is 19.7. The largest absolute Gasteiger partial charge is 0.497 e. The molecule has 2 aliphatic rings. The molecule has 1 aromatic heterocycles. The van der Waals surface area contributed by atoms with Crippen LogP contribution in [0.5, 0.6) is 11.5 Å². The molecule has 2 amide bonds. The number of nitrogens with zero attached hydrogens (tertiary/aromatic N) is 6. The molecule has 0 bridgehead atoms. The number of hydrogen-bond donors (Lipinski definition) is 3. The second-order valence-electron chi connectivity index (χ2n) is 14.6. The van der Waals surface area contributed by atoms with Gasteiger partial charge in [0.2, 0.25) is 6.23 Å². The van der Waals surface area contributed by atoms with Crippen LogP contribution in [0.4, 0.5) is 23.0 Å². The van der Waals surface area contributed by atoms with Gasteiger partial charge in [0, 0.05) is 24.3 Å². The van der Waals surface area contributed by atoms with Gasteiger partial charge in [0.05, 0.1) is 33.5 Å². The molecule has 0 saturated carbocycles. The van der Waals surface area contributed by atoms with Crippen LogP contribution in [-0.4, -0.2) is 121 Å². The molecule has 3 heterocycles. The number of aliphatic hydroxyl groups is 2. The number of hydrogen-bond acceptors (Lipinski definition) is 13. The summed E-state index contributed by atoms with van der Waals surface area (Å²) < 4.78 is 21.3. The molecule has 5 aromatic rings. The number of esters is 1. The number of methoxy groups -OCH3 is 3. The zero-order valence-electron chi connectivity index (χ0n) is 34.2. The highest BCUT2D eigenvalue weighted by Crippen LogP contribution is 2.45. The quantitative estimate of drug-likeness (QED) is 0.0937. The number of aliphatic imine (C=N–C) groups is 1. The summed E-state index contributed by atoms with van der Waals surface area (Å²) in [5.41, 5.74) is 3.28. The van der Waals surface area contributed by atoms with E-state index in [1.165, 1.54) is 31.8 Å². The number of carbonyl (C=O) groups is 3. The average molecular weight is 831 g/mol. The Morgan fingerprint density at radius 1 is 0.803 bits per heavy atom. The van der Waals surface area contributed by atoms with Crippen LogP contribution in [0.2, 0.25) is 0 Å². The Morgan fingerprint density at radius 3 is 1.97 bits per heavy atom. The van der Waals surface area contributed by atoms with Crippen molar-refractivity contribution in [2.75, 3.05) is 57.7 Å². The van der Waals surface area contributed by atoms with E-state index in [0.717, 1.165) is 16.8 Å². The van der Waals surface area contributed by atoms with Gasteiger partial charge in [-0.3, -0.25) is 14.4 Å². The maximum absolute atomic E-state index is 14.9. The first-order valence-electron chi connectivity index (χ1n) is 19.7. The molecule has 0 spiro atoms. The SMILES string of the molecule is COC(=O)CN(CCN(c1ccc(OC)cc1)C(c1ccccc1)c1ccccc1)C(=O)C[N+]1([C@@H]2O[C@H](C)[C@@H](O)[C@H]2O)C=Nc2c(NC(=O)c3ccc(OC)cc3)ncnc21. The summed E-state index contributed by atoms with van der Waals surface area (Å²) in [4.78, 5) is 58.3. The molecule has 7 rings (SSSR count). The molecule has 1 fully saturated rings. The van der Waals surface area contributed by atoms with Crippen molar-refractivity contribution in [3.05, 3.63) is 132 Å². The van der Waals surface area contributed by atoms with Gasteiger partial charge in [-0.05, 0) is 66.6 Å². The first kappa shape index (κ1) is 42.4. The average Bonchev–Trinajstić information content (AvgIpc) is 3.80. The number of aliphatic hydroxyl groups excluding tert-OH is 2. The normalized spacial score (nSPS) is 20.2. The van der Waals surface area contributed by atoms with E-state index in [1.54, 1.807) is 38.3 Å². The van der Waals surface area contributed by atoms with Crippen molar-refractivity contribution in [1.82, 2.24) is 19.4 Å². The number of ether oxygens (including phenoxy) is 4. The number of amides is 2. The van der Waals surface area contributed by atoms with Crippen molar-refractivity contribution < 1.29 is 43.5 Å². The summed E-state index contributed by atoms with van der Waals surface area (Å²) in [5, 5.41) is 25.1. The Bertz CT molecular complexity index is 2300. The van der Waals surface area contributed by atoms with E-state index in [4.69, 9.17) is 18.9 Å². The van der Waals surface area contributed by atoms with Gasteiger partial charge in [-0.1, -0.05) is 60.7 Å². The van der Waals surface area contributed by atoms with E-state index in [2.05, 4.69) is 25.2 Å². The third kappa shape index (κ3) is 8.93. The first-order chi connectivity index (χ1) is 29.6. The predicted molar refractivity (Wildman–Crippen MR) is 228 cm³/mol. The maximum Gasteiger partial charge on any atom is 0.325 e. The fourth-order valence-electron chi connectivity index (χ4n) is 7.69. The van der Waals surface area contributed by atoms with Gasteiger partial charge in [0.1, 0.15) is 30.5 Å². The summed E-state index contributed by atoms with van der Waals surface area (Å²) in [5.74, 6) is -0.259. The van der Waals surface area contributed by atoms with Crippen molar-refractivity contribution in [1.29, 1.82) is 0 Å². The van der Waals surface area contributed by atoms with Crippen LogP contribution < -0.4 is 24.2 Å². The highest BCUT2D eigenvalue weighted by Gasteiger charge is 2.58. The van der Waals surface area contributed by atoms with Crippen molar-refractivity contribution >= 4 is 47.1 Å². The minimum atomic E-state index is -1.48. The standard InChI is InChI=1S/C45H47N7O9/c1-29-40(55)41(56)45(61-29)52(28-48-38-42(46-27-47-43(38)52)49-44(57)32-15-19-34(58-2)20-16-32)26-36(53)50(25-37(54)60-4)23-24-51(33-17-21-35(59-3)22-18-33)39(30-11-7-5-8-12-30)31-13-9-6-10-14-31/h5-22,27-29,39-41,45,55-56H,23-26H2,1-4H3/p+1/t29-,40-,41-,45-,52?/m1/s1. The van der Waals surface area contributed by atoms with Crippen molar-refractivity contribution in [3.8, 4) is 11.5 Å². The van der Waals surface area contributed by atoms with Crippen LogP contribution in [0.25, 0.3) is 0 Å². The van der Waals surface area contributed by atoms with Crippen LogP contribution in [0.15, 0.2) is 121 Å². The van der Waals surface area contributed by atoms with Crippen LogP contribution >= 0.6 is 0 Å². The lowest BCUT2D eigenvalue weighted by atomic mass is 9.96. The number of nitrogens with one attached hydrogen (secondary N) is 1. The van der Waals surface area contributed by atoms with Crippen LogP contribution in [0, 0.1) is 0 Å². The molecule has 5 atom stereocenters. The fourth-order valence-corrected chi connectivity index (χ4v) is 7.69. The highest BCUT2D eigenvalue weighted by molar-refractivity contribution is 6.07. The number of carbonyl (C=O) groups excluding carboxylic acids is 3. The van der Waals surface area contributed by atoms with Crippen LogP contribution in [-0.2, 0) is 19.1 Å². The molecular weight excluding hydrogens is 783 g/mol. The number of quaternary nitrogens is 1.